The van der Waals surface area contributed by atoms with Gasteiger partial charge in [0.2, 0.25) is 5.75 Å². The van der Waals surface area contributed by atoms with E-state index in [4.69, 9.17) is 11.6 Å². The van der Waals surface area contributed by atoms with Gasteiger partial charge in [-0.2, -0.15) is 0 Å². The van der Waals surface area contributed by atoms with Crippen LogP contribution in [0.25, 0.3) is 0 Å². The maximum absolute atomic E-state index is 11.1. The van der Waals surface area contributed by atoms with E-state index >= 15 is 0 Å². The smallest absolute Gasteiger partial charge is 0.315 e. The van der Waals surface area contributed by atoms with Gasteiger partial charge in [0.25, 0.3) is 0 Å². The van der Waals surface area contributed by atoms with Gasteiger partial charge in [-0.25, -0.2) is 0 Å². The van der Waals surface area contributed by atoms with Crippen molar-refractivity contribution in [3.8, 4) is 5.75 Å². The molecule has 0 saturated carbocycles. The quantitative estimate of drug-likeness (QED) is 0.509. The van der Waals surface area contributed by atoms with Crippen LogP contribution in [0.3, 0.4) is 0 Å². The molecule has 0 unspecified atom stereocenters. The van der Waals surface area contributed by atoms with Crippen molar-refractivity contribution < 1.29 is 10.0 Å². The molecule has 0 aromatic heterocycles. The molecule has 0 amide bonds. The van der Waals surface area contributed by atoms with Crippen LogP contribution in [0, 0.1) is 30.9 Å². The van der Waals surface area contributed by atoms with Crippen LogP contribution >= 0.6 is 11.6 Å². The summed E-state index contributed by atoms with van der Waals surface area (Å²) >= 11 is 6.13. The molecule has 0 saturated heterocycles. The van der Waals surface area contributed by atoms with Gasteiger partial charge in [-0.3, -0.25) is 15.1 Å². The molecule has 22 heavy (non-hydrogen) atoms. The van der Waals surface area contributed by atoms with E-state index in [0.717, 1.165) is 5.56 Å². The van der Waals surface area contributed by atoms with Crippen LogP contribution in [0.15, 0.2) is 29.3 Å². The maximum Gasteiger partial charge on any atom is 0.315 e. The molecule has 0 spiro atoms. The van der Waals surface area contributed by atoms with Crippen molar-refractivity contribution in [1.29, 1.82) is 0 Å². The van der Waals surface area contributed by atoms with Gasteiger partial charge in [0.1, 0.15) is 0 Å². The third-order valence-electron chi connectivity index (χ3n) is 3.42. The first-order valence-electron chi connectivity index (χ1n) is 6.59. The van der Waals surface area contributed by atoms with Crippen molar-refractivity contribution in [2.75, 3.05) is 0 Å². The topological polar surface area (TPSA) is 75.7 Å². The van der Waals surface area contributed by atoms with Gasteiger partial charge in [-0.1, -0.05) is 23.7 Å². The lowest BCUT2D eigenvalue weighted by molar-refractivity contribution is -0.386. The number of benzene rings is 2. The van der Waals surface area contributed by atoms with Crippen molar-refractivity contribution in [1.82, 2.24) is 0 Å². The molecule has 6 heteroatoms. The number of rotatable bonds is 3. The minimum atomic E-state index is -0.639. The number of hydrogen-bond acceptors (Lipinski definition) is 4. The van der Waals surface area contributed by atoms with Gasteiger partial charge in [-0.15, -0.1) is 0 Å². The highest BCUT2D eigenvalue weighted by Gasteiger charge is 2.25. The molecule has 0 aliphatic carbocycles. The Morgan fingerprint density at radius 2 is 1.95 bits per heavy atom. The lowest BCUT2D eigenvalue weighted by Gasteiger charge is -2.10. The third kappa shape index (κ3) is 2.94. The second-order valence-electron chi connectivity index (χ2n) is 5.03. The molecule has 114 valence electrons. The number of nitro benzene ring substituents is 1. The van der Waals surface area contributed by atoms with Gasteiger partial charge in [0, 0.05) is 17.3 Å². The number of phenolic OH excluding ortho intramolecular Hbond substituents is 1. The van der Waals surface area contributed by atoms with Crippen LogP contribution in [0.4, 0.5) is 11.4 Å². The van der Waals surface area contributed by atoms with Gasteiger partial charge in [-0.05, 0) is 44.0 Å². The fraction of sp³-hybridized carbons (Fsp3) is 0.188. The van der Waals surface area contributed by atoms with E-state index in [-0.39, 0.29) is 21.8 Å². The standard InChI is InChI=1S/C16H15ClN2O3/c1-9-5-4-6-12(7-9)18-8-13-10(2)14(17)11(3)15(16(13)20)19(21)22/h4-8,20H,1-3H3. The zero-order chi connectivity index (χ0) is 16.4. The number of aliphatic imine (C=N–C) groups is 1. The van der Waals surface area contributed by atoms with Crippen LogP contribution in [-0.2, 0) is 0 Å². The summed E-state index contributed by atoms with van der Waals surface area (Å²) in [7, 11) is 0. The molecule has 5 nitrogen and oxygen atoms in total. The van der Waals surface area contributed by atoms with Crippen molar-refractivity contribution in [3.05, 3.63) is 61.7 Å². The highest BCUT2D eigenvalue weighted by atomic mass is 35.5. The van der Waals surface area contributed by atoms with Crippen molar-refractivity contribution in [2.24, 2.45) is 4.99 Å². The molecule has 1 N–H and O–H groups in total. The molecular formula is C16H15ClN2O3. The number of halogens is 1. The molecule has 0 bridgehead atoms. The van der Waals surface area contributed by atoms with Gasteiger partial charge in [0.05, 0.1) is 15.6 Å². The predicted molar refractivity (Wildman–Crippen MR) is 87.7 cm³/mol. The molecule has 0 aliphatic heterocycles. The number of hydrogen-bond donors (Lipinski definition) is 1. The van der Waals surface area contributed by atoms with E-state index in [0.29, 0.717) is 11.3 Å². The first kappa shape index (κ1) is 16.0. The Labute approximate surface area is 133 Å². The zero-order valence-electron chi connectivity index (χ0n) is 12.4. The molecular weight excluding hydrogens is 304 g/mol. The van der Waals surface area contributed by atoms with Crippen LogP contribution in [0.1, 0.15) is 22.3 Å². The van der Waals surface area contributed by atoms with Crippen molar-refractivity contribution >= 4 is 29.2 Å². The van der Waals surface area contributed by atoms with E-state index in [2.05, 4.69) is 4.99 Å². The van der Waals surface area contributed by atoms with Crippen LogP contribution in [-0.4, -0.2) is 16.2 Å². The fourth-order valence-electron chi connectivity index (χ4n) is 2.21. The minimum absolute atomic E-state index is 0.245. The molecule has 2 aromatic carbocycles. The highest BCUT2D eigenvalue weighted by molar-refractivity contribution is 6.33. The molecule has 0 heterocycles. The Bertz CT molecular complexity index is 785. The van der Waals surface area contributed by atoms with E-state index < -0.39 is 10.7 Å². The van der Waals surface area contributed by atoms with Crippen molar-refractivity contribution in [3.63, 3.8) is 0 Å². The third-order valence-corrected chi connectivity index (χ3v) is 3.99. The molecule has 2 aromatic rings. The normalized spacial score (nSPS) is 11.1. The van der Waals surface area contributed by atoms with E-state index in [9.17, 15) is 15.2 Å². The lowest BCUT2D eigenvalue weighted by atomic mass is 10.0. The first-order valence-corrected chi connectivity index (χ1v) is 6.97. The second-order valence-corrected chi connectivity index (χ2v) is 5.41. The van der Waals surface area contributed by atoms with Gasteiger partial charge >= 0.3 is 5.69 Å². The fourth-order valence-corrected chi connectivity index (χ4v) is 2.41. The summed E-state index contributed by atoms with van der Waals surface area (Å²) in [4.78, 5) is 14.7. The Morgan fingerprint density at radius 1 is 1.27 bits per heavy atom. The number of aromatic hydroxyl groups is 1. The largest absolute Gasteiger partial charge is 0.502 e. The number of nitro groups is 1. The molecule has 0 aliphatic rings. The summed E-state index contributed by atoms with van der Waals surface area (Å²) in [5.41, 5.74) is 2.40. The number of phenols is 1. The van der Waals surface area contributed by atoms with Gasteiger partial charge in [0.15, 0.2) is 0 Å². The maximum atomic E-state index is 11.1. The Hall–Kier alpha value is -2.40. The van der Waals surface area contributed by atoms with E-state index in [1.807, 2.05) is 25.1 Å². The summed E-state index contributed by atoms with van der Waals surface area (Å²) in [6.07, 6.45) is 1.40. The Balaban J connectivity index is 2.58. The van der Waals surface area contributed by atoms with Crippen LogP contribution in [0.2, 0.25) is 5.02 Å². The summed E-state index contributed by atoms with van der Waals surface area (Å²) < 4.78 is 0. The Morgan fingerprint density at radius 3 is 2.55 bits per heavy atom. The monoisotopic (exact) mass is 318 g/mol. The molecule has 0 radical (unpaired) electrons. The second kappa shape index (κ2) is 6.15. The van der Waals surface area contributed by atoms with Crippen LogP contribution < -0.4 is 0 Å². The molecule has 0 fully saturated rings. The van der Waals surface area contributed by atoms with Gasteiger partial charge < -0.3 is 5.11 Å². The summed E-state index contributed by atoms with van der Waals surface area (Å²) in [6.45, 7) is 5.14. The number of nitrogens with zero attached hydrogens (tertiary/aromatic N) is 2. The lowest BCUT2D eigenvalue weighted by Crippen LogP contribution is -1.99. The van der Waals surface area contributed by atoms with E-state index in [1.165, 1.54) is 13.1 Å². The zero-order valence-corrected chi connectivity index (χ0v) is 13.2. The summed E-state index contributed by atoms with van der Waals surface area (Å²) in [5.74, 6) is -0.416. The summed E-state index contributed by atoms with van der Waals surface area (Å²) in [5, 5.41) is 21.6. The summed E-state index contributed by atoms with van der Waals surface area (Å²) in [6, 6.07) is 7.47. The highest BCUT2D eigenvalue weighted by Crippen LogP contribution is 2.40. The minimum Gasteiger partial charge on any atom is -0.502 e. The molecule has 2 rings (SSSR count). The number of aryl methyl sites for hydroxylation is 1. The first-order chi connectivity index (χ1) is 10.3. The van der Waals surface area contributed by atoms with Crippen molar-refractivity contribution in [2.45, 2.75) is 20.8 Å². The average Bonchev–Trinajstić information content (AvgIpc) is 2.45. The SMILES string of the molecule is Cc1cccc(N=Cc2c(C)c(Cl)c(C)c([N+](=O)[O-])c2O)c1. The Kier molecular flexibility index (Phi) is 4.47. The van der Waals surface area contributed by atoms with Crippen LogP contribution in [0.5, 0.6) is 5.75 Å². The predicted octanol–water partition coefficient (Wildman–Crippen LogP) is 4.63. The molecule has 0 atom stereocenters. The van der Waals surface area contributed by atoms with E-state index in [1.54, 1.807) is 13.0 Å². The average molecular weight is 319 g/mol.